The highest BCUT2D eigenvalue weighted by Crippen LogP contribution is 2.22. The van der Waals surface area contributed by atoms with Crippen molar-refractivity contribution in [2.75, 3.05) is 13.1 Å². The Balaban J connectivity index is 0.000000318. The van der Waals surface area contributed by atoms with Crippen LogP contribution in [-0.4, -0.2) is 55.7 Å². The molecule has 160 valence electrons. The van der Waals surface area contributed by atoms with Gasteiger partial charge >= 0.3 is 12.1 Å². The van der Waals surface area contributed by atoms with Gasteiger partial charge in [-0.3, -0.25) is 5.10 Å². The van der Waals surface area contributed by atoms with Crippen LogP contribution in [0.25, 0.3) is 22.8 Å². The molecule has 1 fully saturated rings. The monoisotopic (exact) mass is 424 g/mol. The molecule has 0 unspecified atom stereocenters. The molecule has 30 heavy (non-hydrogen) atoms. The van der Waals surface area contributed by atoms with Crippen LogP contribution in [0.3, 0.4) is 0 Å². The van der Waals surface area contributed by atoms with Crippen LogP contribution in [0.2, 0.25) is 0 Å². The molecule has 0 aliphatic carbocycles. The van der Waals surface area contributed by atoms with Gasteiger partial charge in [-0.25, -0.2) is 9.78 Å². The maximum absolute atomic E-state index is 10.6. The van der Waals surface area contributed by atoms with Crippen LogP contribution in [0.15, 0.2) is 28.8 Å². The van der Waals surface area contributed by atoms with E-state index in [1.54, 1.807) is 0 Å². The molecule has 4 rings (SSSR count). The fourth-order valence-corrected chi connectivity index (χ4v) is 2.55. The van der Waals surface area contributed by atoms with E-state index in [1.165, 1.54) is 0 Å². The van der Waals surface area contributed by atoms with E-state index in [9.17, 15) is 13.2 Å². The third kappa shape index (κ3) is 5.41. The molecular formula is C18H19F3N6O3. The first-order valence-corrected chi connectivity index (χ1v) is 9.11. The lowest BCUT2D eigenvalue weighted by Crippen LogP contribution is -2.43. The van der Waals surface area contributed by atoms with Gasteiger partial charge in [0.2, 0.25) is 0 Å². The number of hydrogen-bond donors (Lipinski definition) is 3. The molecule has 1 aromatic carbocycles. The summed E-state index contributed by atoms with van der Waals surface area (Å²) in [7, 11) is 0. The van der Waals surface area contributed by atoms with Crippen LogP contribution in [-0.2, 0) is 17.6 Å². The smallest absolute Gasteiger partial charge is 0.475 e. The quantitative estimate of drug-likeness (QED) is 0.570. The van der Waals surface area contributed by atoms with Crippen molar-refractivity contribution >= 4 is 5.97 Å². The van der Waals surface area contributed by atoms with Crippen LogP contribution in [0.1, 0.15) is 18.6 Å². The number of aromatic nitrogens is 5. The number of nitrogens with zero attached hydrogens (tertiary/aromatic N) is 4. The summed E-state index contributed by atoms with van der Waals surface area (Å²) in [6, 6.07) is 7.86. The third-order valence-corrected chi connectivity index (χ3v) is 4.30. The fourth-order valence-electron chi connectivity index (χ4n) is 2.55. The Morgan fingerprint density at radius 2 is 1.83 bits per heavy atom. The zero-order valence-corrected chi connectivity index (χ0v) is 15.9. The van der Waals surface area contributed by atoms with Crippen molar-refractivity contribution in [3.8, 4) is 22.8 Å². The number of rotatable bonds is 5. The van der Waals surface area contributed by atoms with Gasteiger partial charge in [-0.2, -0.15) is 23.3 Å². The second-order valence-electron chi connectivity index (χ2n) is 6.58. The summed E-state index contributed by atoms with van der Waals surface area (Å²) in [5.74, 6) is 0.794. The molecule has 0 radical (unpaired) electrons. The lowest BCUT2D eigenvalue weighted by Gasteiger charge is -2.25. The van der Waals surface area contributed by atoms with E-state index in [1.807, 2.05) is 31.2 Å². The molecule has 0 atom stereocenters. The van der Waals surface area contributed by atoms with Crippen LogP contribution < -0.4 is 5.32 Å². The van der Waals surface area contributed by atoms with E-state index in [4.69, 9.17) is 14.4 Å². The number of alkyl halides is 3. The van der Waals surface area contributed by atoms with Gasteiger partial charge in [-0.15, -0.1) is 0 Å². The molecule has 3 aromatic rings. The molecule has 12 heteroatoms. The number of aryl methyl sites for hydroxylation is 1. The van der Waals surface area contributed by atoms with Gasteiger partial charge < -0.3 is 14.9 Å². The molecule has 9 nitrogen and oxygen atoms in total. The first-order valence-electron chi connectivity index (χ1n) is 9.11. The van der Waals surface area contributed by atoms with Crippen molar-refractivity contribution in [2.45, 2.75) is 25.9 Å². The van der Waals surface area contributed by atoms with E-state index in [0.717, 1.165) is 48.7 Å². The van der Waals surface area contributed by atoms with Gasteiger partial charge in [-0.05, 0) is 31.1 Å². The van der Waals surface area contributed by atoms with Crippen molar-refractivity contribution in [3.63, 3.8) is 0 Å². The number of H-pyrrole nitrogens is 1. The summed E-state index contributed by atoms with van der Waals surface area (Å²) in [6.07, 6.45) is -3.38. The van der Waals surface area contributed by atoms with Crippen molar-refractivity contribution < 1.29 is 27.6 Å². The first kappa shape index (κ1) is 21.4. The summed E-state index contributed by atoms with van der Waals surface area (Å²) < 4.78 is 37.1. The second kappa shape index (κ2) is 9.03. The van der Waals surface area contributed by atoms with Gasteiger partial charge in [0, 0.05) is 24.0 Å². The molecule has 3 N–H and O–H groups in total. The predicted molar refractivity (Wildman–Crippen MR) is 98.2 cm³/mol. The van der Waals surface area contributed by atoms with E-state index >= 15 is 0 Å². The van der Waals surface area contributed by atoms with Crippen molar-refractivity contribution in [3.05, 3.63) is 35.9 Å². The number of nitrogens with one attached hydrogen (secondary N) is 2. The summed E-state index contributed by atoms with van der Waals surface area (Å²) in [5, 5.41) is 21.6. The van der Waals surface area contributed by atoms with Gasteiger partial charge in [0.05, 0.1) is 0 Å². The minimum Gasteiger partial charge on any atom is -0.475 e. The minimum absolute atomic E-state index is 0.558. The number of aliphatic carboxylic acids is 1. The van der Waals surface area contributed by atoms with Crippen molar-refractivity contribution in [1.29, 1.82) is 0 Å². The molecule has 3 heterocycles. The molecule has 0 amide bonds. The Labute approximate surface area is 168 Å². The molecule has 1 aliphatic heterocycles. The minimum atomic E-state index is -5.08. The van der Waals surface area contributed by atoms with Crippen molar-refractivity contribution in [2.24, 2.45) is 5.92 Å². The average Bonchev–Trinajstić information content (AvgIpc) is 3.34. The van der Waals surface area contributed by atoms with Crippen LogP contribution in [0.5, 0.6) is 0 Å². The number of carboxylic acids is 1. The zero-order chi connectivity index (χ0) is 21.7. The fraction of sp³-hybridized carbons (Fsp3) is 0.389. The summed E-state index contributed by atoms with van der Waals surface area (Å²) in [5.41, 5.74) is 1.87. The van der Waals surface area contributed by atoms with Gasteiger partial charge in [-0.1, -0.05) is 24.2 Å². The van der Waals surface area contributed by atoms with E-state index < -0.39 is 12.1 Å². The lowest BCUT2D eigenvalue weighted by molar-refractivity contribution is -0.192. The van der Waals surface area contributed by atoms with Crippen LogP contribution >= 0.6 is 0 Å². The summed E-state index contributed by atoms with van der Waals surface area (Å²) >= 11 is 0. The molecule has 2 aromatic heterocycles. The predicted octanol–water partition coefficient (Wildman–Crippen LogP) is 2.48. The molecule has 1 saturated heterocycles. The number of hydrogen-bond acceptors (Lipinski definition) is 7. The Morgan fingerprint density at radius 3 is 2.33 bits per heavy atom. The topological polar surface area (TPSA) is 130 Å². The number of benzene rings is 1. The standard InChI is InChI=1S/C16H18N6O.C2HF3O2/c1-2-13-18-15(21-20-13)11-3-5-12(6-4-11)16-19-14(22-23-16)7-10-8-17-9-10;3-2(4,5)1(6)7/h3-6,10,17H,2,7-9H2,1H3,(H,18,20,21);(H,6,7). The summed E-state index contributed by atoms with van der Waals surface area (Å²) in [4.78, 5) is 17.8. The Morgan fingerprint density at radius 1 is 1.20 bits per heavy atom. The van der Waals surface area contributed by atoms with E-state index in [-0.39, 0.29) is 0 Å². The first-order chi connectivity index (χ1) is 14.3. The van der Waals surface area contributed by atoms with Crippen molar-refractivity contribution in [1.82, 2.24) is 30.6 Å². The third-order valence-electron chi connectivity index (χ3n) is 4.30. The van der Waals surface area contributed by atoms with Crippen LogP contribution in [0, 0.1) is 5.92 Å². The van der Waals surface area contributed by atoms with E-state index in [2.05, 4.69) is 30.6 Å². The number of aromatic amines is 1. The largest absolute Gasteiger partial charge is 0.490 e. The SMILES string of the molecule is CCc1nc(-c2ccc(-c3nc(CC4CNC4)no3)cc2)n[nH]1.O=C(O)C(F)(F)F. The molecule has 0 bridgehead atoms. The lowest BCUT2D eigenvalue weighted by atomic mass is 9.99. The highest BCUT2D eigenvalue weighted by atomic mass is 19.4. The summed E-state index contributed by atoms with van der Waals surface area (Å²) in [6.45, 7) is 4.12. The Bertz CT molecular complexity index is 980. The highest BCUT2D eigenvalue weighted by Gasteiger charge is 2.38. The maximum Gasteiger partial charge on any atom is 0.490 e. The number of carbonyl (C=O) groups is 1. The van der Waals surface area contributed by atoms with E-state index in [0.29, 0.717) is 17.6 Å². The highest BCUT2D eigenvalue weighted by molar-refractivity contribution is 5.73. The zero-order valence-electron chi connectivity index (χ0n) is 15.9. The van der Waals surface area contributed by atoms with Gasteiger partial charge in [0.1, 0.15) is 5.82 Å². The Kier molecular flexibility index (Phi) is 6.45. The number of carboxylic acid groups (broad SMARTS) is 1. The Hall–Kier alpha value is -3.28. The second-order valence-corrected chi connectivity index (χ2v) is 6.58. The molecule has 0 spiro atoms. The maximum atomic E-state index is 10.6. The molecular weight excluding hydrogens is 405 g/mol. The molecule has 0 saturated carbocycles. The average molecular weight is 424 g/mol. The van der Waals surface area contributed by atoms with Gasteiger partial charge in [0.15, 0.2) is 11.6 Å². The normalized spacial score (nSPS) is 14.0. The van der Waals surface area contributed by atoms with Crippen LogP contribution in [0.4, 0.5) is 13.2 Å². The molecule has 1 aliphatic rings. The number of halogens is 3. The van der Waals surface area contributed by atoms with Gasteiger partial charge in [0.25, 0.3) is 5.89 Å².